The van der Waals surface area contributed by atoms with Gasteiger partial charge in [0.1, 0.15) is 12.4 Å². The van der Waals surface area contributed by atoms with E-state index in [0.717, 1.165) is 17.9 Å². The quantitative estimate of drug-likeness (QED) is 0.373. The Kier molecular flexibility index (Phi) is 8.32. The lowest BCUT2D eigenvalue weighted by atomic mass is 10.1. The number of aromatic nitrogens is 1. The fraction of sp³-hybridized carbons (Fsp3) is 0.400. The summed E-state index contributed by atoms with van der Waals surface area (Å²) < 4.78 is 18.9. The maximum atomic E-state index is 12.0. The Morgan fingerprint density at radius 1 is 1.00 bits per heavy atom. The highest BCUT2D eigenvalue weighted by atomic mass is 32.1. The Balaban J connectivity index is 1.57. The first-order valence-electron chi connectivity index (χ1n) is 10.7. The summed E-state index contributed by atoms with van der Waals surface area (Å²) in [5.41, 5.74) is 3.46. The highest BCUT2D eigenvalue weighted by Gasteiger charge is 2.20. The molecule has 3 rings (SSSR count). The molecule has 0 saturated heterocycles. The zero-order valence-electron chi connectivity index (χ0n) is 18.7. The Bertz CT molecular complexity index is 974. The number of rotatable bonds is 11. The number of benzene rings is 1. The van der Waals surface area contributed by atoms with E-state index < -0.39 is 6.10 Å². The van der Waals surface area contributed by atoms with E-state index in [-0.39, 0.29) is 5.97 Å². The molecule has 1 aromatic carbocycles. The van der Waals surface area contributed by atoms with Crippen molar-refractivity contribution in [2.75, 3.05) is 19.8 Å². The zero-order chi connectivity index (χ0) is 22.2. The van der Waals surface area contributed by atoms with Crippen molar-refractivity contribution in [3.63, 3.8) is 0 Å². The first kappa shape index (κ1) is 23.1. The van der Waals surface area contributed by atoms with Crippen LogP contribution in [-0.2, 0) is 27.2 Å². The van der Waals surface area contributed by atoms with Crippen molar-refractivity contribution in [3.05, 3.63) is 64.7 Å². The van der Waals surface area contributed by atoms with E-state index in [0.29, 0.717) is 26.2 Å². The zero-order valence-corrected chi connectivity index (χ0v) is 19.5. The first-order chi connectivity index (χ1) is 15.0. The van der Waals surface area contributed by atoms with E-state index in [1.54, 1.807) is 6.92 Å². The van der Waals surface area contributed by atoms with Gasteiger partial charge in [-0.1, -0.05) is 12.1 Å². The molecular weight excluding hydrogens is 410 g/mol. The van der Waals surface area contributed by atoms with Crippen LogP contribution in [-0.4, -0.2) is 36.5 Å². The number of ether oxygens (including phenoxy) is 3. The van der Waals surface area contributed by atoms with Gasteiger partial charge in [-0.25, -0.2) is 4.79 Å². The Morgan fingerprint density at radius 3 is 2.42 bits per heavy atom. The molecule has 1 atom stereocenters. The molecule has 5 nitrogen and oxygen atoms in total. The number of thiophene rings is 1. The summed E-state index contributed by atoms with van der Waals surface area (Å²) in [7, 11) is 0. The van der Waals surface area contributed by atoms with E-state index in [4.69, 9.17) is 14.2 Å². The summed E-state index contributed by atoms with van der Waals surface area (Å²) in [6, 6.07) is 16.5. The summed E-state index contributed by atoms with van der Waals surface area (Å²) in [5.74, 6) is 0.495. The number of hydrogen-bond donors (Lipinski definition) is 0. The molecule has 6 heteroatoms. The van der Waals surface area contributed by atoms with Crippen molar-refractivity contribution >= 4 is 17.3 Å². The number of aryl methyl sites for hydroxylation is 2. The van der Waals surface area contributed by atoms with Crippen molar-refractivity contribution in [1.82, 2.24) is 4.57 Å². The van der Waals surface area contributed by atoms with Crippen molar-refractivity contribution in [1.29, 1.82) is 0 Å². The van der Waals surface area contributed by atoms with Gasteiger partial charge in [0.25, 0.3) is 0 Å². The highest BCUT2D eigenvalue weighted by Crippen LogP contribution is 2.29. The minimum atomic E-state index is -0.576. The molecule has 0 bridgehead atoms. The summed E-state index contributed by atoms with van der Waals surface area (Å²) in [6.07, 6.45) is -0.0909. The Hall–Kier alpha value is -2.57. The third kappa shape index (κ3) is 6.21. The Morgan fingerprint density at radius 2 is 1.77 bits per heavy atom. The molecule has 31 heavy (non-hydrogen) atoms. The van der Waals surface area contributed by atoms with Gasteiger partial charge < -0.3 is 18.8 Å². The minimum Gasteiger partial charge on any atom is -0.492 e. The van der Waals surface area contributed by atoms with Crippen LogP contribution in [0.25, 0.3) is 10.6 Å². The van der Waals surface area contributed by atoms with Gasteiger partial charge in [0.05, 0.1) is 23.7 Å². The van der Waals surface area contributed by atoms with Gasteiger partial charge in [0.15, 0.2) is 6.10 Å². The molecular formula is C25H31NO4S. The highest BCUT2D eigenvalue weighted by molar-refractivity contribution is 7.15. The van der Waals surface area contributed by atoms with Crippen LogP contribution in [0.5, 0.6) is 5.75 Å². The summed E-state index contributed by atoms with van der Waals surface area (Å²) >= 11 is 1.81. The van der Waals surface area contributed by atoms with Crippen molar-refractivity contribution in [2.24, 2.45) is 0 Å². The third-order valence-electron chi connectivity index (χ3n) is 5.04. The largest absolute Gasteiger partial charge is 0.492 e. The van der Waals surface area contributed by atoms with Gasteiger partial charge >= 0.3 is 5.97 Å². The number of carbonyl (C=O) groups is 1. The summed E-state index contributed by atoms with van der Waals surface area (Å²) in [6.45, 7) is 10.1. The monoisotopic (exact) mass is 441 g/mol. The van der Waals surface area contributed by atoms with Gasteiger partial charge in [0, 0.05) is 23.6 Å². The first-order valence-corrected chi connectivity index (χ1v) is 11.6. The van der Waals surface area contributed by atoms with Gasteiger partial charge in [-0.2, -0.15) is 0 Å². The molecule has 0 N–H and O–H groups in total. The van der Waals surface area contributed by atoms with Crippen LogP contribution >= 0.6 is 11.3 Å². The van der Waals surface area contributed by atoms with E-state index >= 15 is 0 Å². The fourth-order valence-electron chi connectivity index (χ4n) is 3.49. The minimum absolute atomic E-state index is 0.316. The van der Waals surface area contributed by atoms with Crippen LogP contribution < -0.4 is 4.74 Å². The average Bonchev–Trinajstić information content (AvgIpc) is 3.34. The predicted octanol–water partition coefficient (Wildman–Crippen LogP) is 5.42. The van der Waals surface area contributed by atoms with Gasteiger partial charge in [0.2, 0.25) is 0 Å². The number of hydrogen-bond acceptors (Lipinski definition) is 5. The van der Waals surface area contributed by atoms with Crippen LogP contribution in [0.15, 0.2) is 48.5 Å². The molecule has 0 aliphatic heterocycles. The second-order valence-electron chi connectivity index (χ2n) is 7.31. The second-order valence-corrected chi connectivity index (χ2v) is 8.60. The molecule has 0 radical (unpaired) electrons. The molecule has 0 spiro atoms. The van der Waals surface area contributed by atoms with E-state index in [1.165, 1.54) is 21.1 Å². The van der Waals surface area contributed by atoms with E-state index in [9.17, 15) is 4.79 Å². The third-order valence-corrected chi connectivity index (χ3v) is 6.06. The average molecular weight is 442 g/mol. The normalized spacial score (nSPS) is 12.0. The molecule has 0 aliphatic carbocycles. The van der Waals surface area contributed by atoms with Crippen LogP contribution in [0.3, 0.4) is 0 Å². The fourth-order valence-corrected chi connectivity index (χ4v) is 4.39. The molecule has 166 valence electrons. The van der Waals surface area contributed by atoms with E-state index in [2.05, 4.69) is 42.7 Å². The predicted molar refractivity (Wildman–Crippen MR) is 125 cm³/mol. The lowest BCUT2D eigenvalue weighted by Crippen LogP contribution is -2.28. The van der Waals surface area contributed by atoms with Crippen LogP contribution in [0, 0.1) is 13.8 Å². The summed E-state index contributed by atoms with van der Waals surface area (Å²) in [5, 5.41) is 0. The van der Waals surface area contributed by atoms with Crippen molar-refractivity contribution in [2.45, 2.75) is 46.8 Å². The molecule has 2 heterocycles. The smallest absolute Gasteiger partial charge is 0.335 e. The second kappa shape index (κ2) is 11.2. The lowest BCUT2D eigenvalue weighted by Gasteiger charge is -2.16. The molecule has 0 saturated carbocycles. The van der Waals surface area contributed by atoms with Crippen molar-refractivity contribution in [3.8, 4) is 16.3 Å². The standard InChI is InChI=1S/C25H31NO4S/c1-5-28-23(25(27)29-6-2)17-20-9-11-21(12-10-20)30-16-15-26-18(3)7-13-22(26)24-14-8-19(4)31-24/h7-14,23H,5-6,15-17H2,1-4H3. The molecule has 0 amide bonds. The molecule has 3 aromatic rings. The molecule has 0 aliphatic rings. The topological polar surface area (TPSA) is 49.7 Å². The van der Waals surface area contributed by atoms with Crippen LogP contribution in [0.1, 0.15) is 30.0 Å². The van der Waals surface area contributed by atoms with Gasteiger partial charge in [-0.15, -0.1) is 11.3 Å². The Labute approximate surface area is 188 Å². The molecule has 1 unspecified atom stereocenters. The van der Waals surface area contributed by atoms with Gasteiger partial charge in [-0.3, -0.25) is 0 Å². The number of nitrogens with zero attached hydrogens (tertiary/aromatic N) is 1. The number of esters is 1. The van der Waals surface area contributed by atoms with Gasteiger partial charge in [-0.05, 0) is 69.7 Å². The molecule has 2 aromatic heterocycles. The van der Waals surface area contributed by atoms with E-state index in [1.807, 2.05) is 42.5 Å². The lowest BCUT2D eigenvalue weighted by molar-refractivity contribution is -0.156. The summed E-state index contributed by atoms with van der Waals surface area (Å²) in [4.78, 5) is 14.6. The molecule has 0 fully saturated rings. The van der Waals surface area contributed by atoms with Crippen LogP contribution in [0.2, 0.25) is 0 Å². The van der Waals surface area contributed by atoms with Crippen molar-refractivity contribution < 1.29 is 19.0 Å². The maximum absolute atomic E-state index is 12.0. The van der Waals surface area contributed by atoms with Crippen LogP contribution in [0.4, 0.5) is 0 Å². The SMILES string of the molecule is CCOC(=O)C(Cc1ccc(OCCn2c(C)ccc2-c2ccc(C)s2)cc1)OCC. The maximum Gasteiger partial charge on any atom is 0.335 e. The number of carbonyl (C=O) groups excluding carboxylic acids is 1.